The fraction of sp³-hybridized carbons (Fsp3) is 0.318. The molecule has 1 aliphatic rings. The van der Waals surface area contributed by atoms with Crippen molar-refractivity contribution in [1.82, 2.24) is 9.80 Å². The molecule has 5 heteroatoms. The number of nitrogens with zero attached hydrogens (tertiary/aromatic N) is 2. The summed E-state index contributed by atoms with van der Waals surface area (Å²) >= 11 is 0. The van der Waals surface area contributed by atoms with Gasteiger partial charge in [-0.15, -0.1) is 0 Å². The van der Waals surface area contributed by atoms with Gasteiger partial charge in [-0.3, -0.25) is 9.69 Å². The minimum Gasteiger partial charge on any atom is -0.448 e. The second-order valence-corrected chi connectivity index (χ2v) is 7.08. The zero-order chi connectivity index (χ0) is 18.8. The smallest absolute Gasteiger partial charge is 0.289 e. The Morgan fingerprint density at radius 3 is 2.63 bits per heavy atom. The molecule has 0 radical (unpaired) electrons. The number of rotatable bonds is 3. The quantitative estimate of drug-likeness (QED) is 0.696. The number of carbonyl (C=O) groups excluding carboxylic acids is 1. The van der Waals surface area contributed by atoms with E-state index < -0.39 is 5.82 Å². The molecule has 2 aromatic carbocycles. The van der Waals surface area contributed by atoms with Crippen LogP contribution >= 0.6 is 0 Å². The van der Waals surface area contributed by atoms with Crippen LogP contribution in [0.15, 0.2) is 52.9 Å². The van der Waals surface area contributed by atoms with Crippen LogP contribution in [0.25, 0.3) is 11.0 Å². The van der Waals surface area contributed by atoms with Crippen LogP contribution in [0.2, 0.25) is 0 Å². The summed E-state index contributed by atoms with van der Waals surface area (Å²) < 4.78 is 19.6. The van der Waals surface area contributed by atoms with Gasteiger partial charge in [0.25, 0.3) is 5.91 Å². The molecule has 140 valence electrons. The molecule has 0 spiro atoms. The third-order valence-electron chi connectivity index (χ3n) is 5.23. The van der Waals surface area contributed by atoms with Gasteiger partial charge < -0.3 is 9.32 Å². The van der Waals surface area contributed by atoms with E-state index in [1.165, 1.54) is 11.6 Å². The van der Waals surface area contributed by atoms with Crippen molar-refractivity contribution in [2.75, 3.05) is 26.2 Å². The summed E-state index contributed by atoms with van der Waals surface area (Å²) in [5.41, 5.74) is 2.15. The maximum Gasteiger partial charge on any atom is 0.289 e. The summed E-state index contributed by atoms with van der Waals surface area (Å²) in [6, 6.07) is 15.1. The molecular weight excluding hydrogens is 343 g/mol. The van der Waals surface area contributed by atoms with Crippen molar-refractivity contribution in [2.24, 2.45) is 0 Å². The molecule has 1 aliphatic heterocycles. The molecule has 0 bridgehead atoms. The van der Waals surface area contributed by atoms with Crippen LogP contribution in [0.1, 0.15) is 28.1 Å². The maximum absolute atomic E-state index is 14.0. The number of amides is 1. The number of fused-ring (bicyclic) bond motifs is 1. The van der Waals surface area contributed by atoms with Crippen molar-refractivity contribution >= 4 is 16.9 Å². The Hall–Kier alpha value is -2.66. The minimum absolute atomic E-state index is 0.148. The van der Waals surface area contributed by atoms with Crippen LogP contribution in [0.5, 0.6) is 0 Å². The standard InChI is InChI=1S/C22H23FN2O2/c1-16-18-9-5-10-19(23)21(18)27-20(16)22(26)25-12-6-11-24(13-14-25)15-17-7-3-2-4-8-17/h2-5,7-10H,6,11-15H2,1H3. The van der Waals surface area contributed by atoms with E-state index in [2.05, 4.69) is 17.0 Å². The van der Waals surface area contributed by atoms with Crippen LogP contribution in [0.4, 0.5) is 4.39 Å². The van der Waals surface area contributed by atoms with Gasteiger partial charge in [0.05, 0.1) is 0 Å². The third kappa shape index (κ3) is 3.60. The fourth-order valence-corrected chi connectivity index (χ4v) is 3.73. The summed E-state index contributed by atoms with van der Waals surface area (Å²) in [5, 5.41) is 0.666. The van der Waals surface area contributed by atoms with E-state index in [0.717, 1.165) is 26.1 Å². The van der Waals surface area contributed by atoms with Gasteiger partial charge in [-0.25, -0.2) is 4.39 Å². The molecule has 4 rings (SSSR count). The Bertz CT molecular complexity index is 952. The Morgan fingerprint density at radius 2 is 1.85 bits per heavy atom. The van der Waals surface area contributed by atoms with E-state index in [4.69, 9.17) is 4.42 Å². The van der Waals surface area contributed by atoms with E-state index in [-0.39, 0.29) is 17.3 Å². The second kappa shape index (κ2) is 7.53. The van der Waals surface area contributed by atoms with Gasteiger partial charge in [-0.2, -0.15) is 0 Å². The van der Waals surface area contributed by atoms with Crippen molar-refractivity contribution in [3.8, 4) is 0 Å². The number of benzene rings is 2. The highest BCUT2D eigenvalue weighted by Crippen LogP contribution is 2.28. The molecule has 1 aromatic heterocycles. The Balaban J connectivity index is 1.48. The van der Waals surface area contributed by atoms with Crippen LogP contribution in [0.3, 0.4) is 0 Å². The molecule has 27 heavy (non-hydrogen) atoms. The van der Waals surface area contributed by atoms with Gasteiger partial charge in [0, 0.05) is 43.7 Å². The molecule has 1 fully saturated rings. The molecule has 2 heterocycles. The molecule has 3 aromatic rings. The lowest BCUT2D eigenvalue weighted by molar-refractivity contribution is 0.0730. The minimum atomic E-state index is -0.431. The van der Waals surface area contributed by atoms with E-state index in [9.17, 15) is 9.18 Å². The van der Waals surface area contributed by atoms with Crippen LogP contribution in [-0.2, 0) is 6.54 Å². The normalized spacial score (nSPS) is 15.9. The first-order chi connectivity index (χ1) is 13.1. The topological polar surface area (TPSA) is 36.7 Å². The molecule has 1 saturated heterocycles. The highest BCUT2D eigenvalue weighted by Gasteiger charge is 2.26. The lowest BCUT2D eigenvalue weighted by atomic mass is 10.1. The Labute approximate surface area is 158 Å². The van der Waals surface area contributed by atoms with Gasteiger partial charge >= 0.3 is 0 Å². The predicted octanol–water partition coefficient (Wildman–Crippen LogP) is 4.23. The number of furan rings is 1. The zero-order valence-electron chi connectivity index (χ0n) is 15.5. The average molecular weight is 366 g/mol. The number of aryl methyl sites for hydroxylation is 1. The highest BCUT2D eigenvalue weighted by atomic mass is 19.1. The molecule has 0 unspecified atom stereocenters. The van der Waals surface area contributed by atoms with Crippen LogP contribution in [-0.4, -0.2) is 41.9 Å². The van der Waals surface area contributed by atoms with Gasteiger partial charge in [0.2, 0.25) is 0 Å². The lowest BCUT2D eigenvalue weighted by Crippen LogP contribution is -2.35. The molecule has 0 saturated carbocycles. The summed E-state index contributed by atoms with van der Waals surface area (Å²) in [7, 11) is 0. The van der Waals surface area contributed by atoms with Crippen molar-refractivity contribution in [2.45, 2.75) is 19.9 Å². The molecule has 0 aliphatic carbocycles. The summed E-state index contributed by atoms with van der Waals surface area (Å²) in [6.45, 7) is 5.80. The molecule has 4 nitrogen and oxygen atoms in total. The van der Waals surface area contributed by atoms with Gasteiger partial charge in [0.1, 0.15) is 0 Å². The first-order valence-electron chi connectivity index (χ1n) is 9.36. The summed E-state index contributed by atoms with van der Waals surface area (Å²) in [6.07, 6.45) is 0.909. The van der Waals surface area contributed by atoms with Crippen molar-refractivity contribution in [3.05, 3.63) is 71.2 Å². The number of carbonyl (C=O) groups is 1. The number of hydrogen-bond acceptors (Lipinski definition) is 3. The average Bonchev–Trinajstić information content (AvgIpc) is 2.86. The SMILES string of the molecule is Cc1c(C(=O)N2CCCN(Cc3ccccc3)CC2)oc2c(F)cccc12. The van der Waals surface area contributed by atoms with Crippen molar-refractivity contribution in [1.29, 1.82) is 0 Å². The van der Waals surface area contributed by atoms with E-state index in [1.807, 2.05) is 30.0 Å². The largest absolute Gasteiger partial charge is 0.448 e. The van der Waals surface area contributed by atoms with Gasteiger partial charge in [0.15, 0.2) is 17.2 Å². The van der Waals surface area contributed by atoms with Gasteiger partial charge in [-0.05, 0) is 25.0 Å². The van der Waals surface area contributed by atoms with Crippen molar-refractivity contribution in [3.63, 3.8) is 0 Å². The first-order valence-corrected chi connectivity index (χ1v) is 9.36. The molecule has 0 atom stereocenters. The summed E-state index contributed by atoms with van der Waals surface area (Å²) in [4.78, 5) is 17.2. The Kier molecular flexibility index (Phi) is 4.94. The van der Waals surface area contributed by atoms with Gasteiger partial charge in [-0.1, -0.05) is 42.5 Å². The number of para-hydroxylation sites is 1. The third-order valence-corrected chi connectivity index (χ3v) is 5.23. The number of halogens is 1. The fourth-order valence-electron chi connectivity index (χ4n) is 3.73. The van der Waals surface area contributed by atoms with Crippen molar-refractivity contribution < 1.29 is 13.6 Å². The zero-order valence-corrected chi connectivity index (χ0v) is 15.5. The molecule has 0 N–H and O–H groups in total. The van der Waals surface area contributed by atoms with E-state index in [1.54, 1.807) is 12.1 Å². The molecular formula is C22H23FN2O2. The monoisotopic (exact) mass is 366 g/mol. The second-order valence-electron chi connectivity index (χ2n) is 7.08. The molecule has 1 amide bonds. The van der Waals surface area contributed by atoms with Crippen LogP contribution in [0, 0.1) is 12.7 Å². The van der Waals surface area contributed by atoms with E-state index in [0.29, 0.717) is 24.0 Å². The maximum atomic E-state index is 14.0. The van der Waals surface area contributed by atoms with E-state index >= 15 is 0 Å². The Morgan fingerprint density at radius 1 is 1.04 bits per heavy atom. The van der Waals surface area contributed by atoms with Crippen LogP contribution < -0.4 is 0 Å². The highest BCUT2D eigenvalue weighted by molar-refractivity contribution is 5.99. The lowest BCUT2D eigenvalue weighted by Gasteiger charge is -2.21. The predicted molar refractivity (Wildman–Crippen MR) is 103 cm³/mol. The number of hydrogen-bond donors (Lipinski definition) is 0. The summed E-state index contributed by atoms with van der Waals surface area (Å²) in [5.74, 6) is -0.323. The first kappa shape index (κ1) is 17.7.